The van der Waals surface area contributed by atoms with E-state index in [9.17, 15) is 4.79 Å². The topological polar surface area (TPSA) is 55.1 Å². The lowest BCUT2D eigenvalue weighted by Gasteiger charge is -2.17. The number of nitrogens with one attached hydrogen (secondary N) is 1. The van der Waals surface area contributed by atoms with E-state index in [1.165, 1.54) is 11.1 Å². The molecule has 106 valence electrons. The summed E-state index contributed by atoms with van der Waals surface area (Å²) in [5, 5.41) is 3.03. The maximum atomic E-state index is 11.8. The summed E-state index contributed by atoms with van der Waals surface area (Å²) in [4.78, 5) is 11.8. The van der Waals surface area contributed by atoms with Crippen molar-refractivity contribution in [1.29, 1.82) is 0 Å². The Hall–Kier alpha value is -1.35. The number of hydrogen-bond donors (Lipinski definition) is 2. The molecule has 0 saturated carbocycles. The lowest BCUT2D eigenvalue weighted by atomic mass is 10.0. The molecule has 1 rings (SSSR count). The molecule has 1 aromatic rings. The summed E-state index contributed by atoms with van der Waals surface area (Å²) in [5.74, 6) is 0.0574. The molecule has 3 N–H and O–H groups in total. The molecule has 0 aliphatic rings. The fourth-order valence-electron chi connectivity index (χ4n) is 2.26. The number of rotatable bonds is 7. The van der Waals surface area contributed by atoms with Crippen LogP contribution in [-0.2, 0) is 11.2 Å². The molecule has 2 unspecified atom stereocenters. The summed E-state index contributed by atoms with van der Waals surface area (Å²) < 4.78 is 0. The molecule has 0 fully saturated rings. The predicted octanol–water partition coefficient (Wildman–Crippen LogP) is 2.56. The Labute approximate surface area is 116 Å². The second-order valence-electron chi connectivity index (χ2n) is 5.35. The van der Waals surface area contributed by atoms with Crippen molar-refractivity contribution in [2.45, 2.75) is 58.5 Å². The Bertz CT molecular complexity index is 403. The van der Waals surface area contributed by atoms with Crippen molar-refractivity contribution in [2.24, 2.45) is 5.73 Å². The van der Waals surface area contributed by atoms with Crippen molar-refractivity contribution in [3.8, 4) is 0 Å². The lowest BCUT2D eigenvalue weighted by Crippen LogP contribution is -2.37. The van der Waals surface area contributed by atoms with Crippen LogP contribution in [0.2, 0.25) is 0 Å². The molecular weight excluding hydrogens is 236 g/mol. The van der Waals surface area contributed by atoms with Gasteiger partial charge in [-0.25, -0.2) is 0 Å². The number of nitrogens with two attached hydrogens (primary N) is 1. The maximum absolute atomic E-state index is 11.8. The number of carbonyl (C=O) groups excluding carboxylic acids is 1. The summed E-state index contributed by atoms with van der Waals surface area (Å²) in [6, 6.07) is 8.40. The van der Waals surface area contributed by atoms with Gasteiger partial charge >= 0.3 is 0 Å². The van der Waals surface area contributed by atoms with E-state index in [0.717, 1.165) is 19.3 Å². The Morgan fingerprint density at radius 2 is 2.05 bits per heavy atom. The average Bonchev–Trinajstić information content (AvgIpc) is 2.31. The molecule has 0 heterocycles. The molecule has 3 heteroatoms. The molecule has 19 heavy (non-hydrogen) atoms. The highest BCUT2D eigenvalue weighted by molar-refractivity contribution is 5.76. The quantitative estimate of drug-likeness (QED) is 0.793. The number of amides is 1. The van der Waals surface area contributed by atoms with Crippen LogP contribution in [0.25, 0.3) is 0 Å². The van der Waals surface area contributed by atoms with Crippen LogP contribution in [-0.4, -0.2) is 18.0 Å². The molecule has 0 radical (unpaired) electrons. The van der Waals surface area contributed by atoms with Gasteiger partial charge in [0, 0.05) is 18.5 Å². The van der Waals surface area contributed by atoms with Crippen molar-refractivity contribution in [2.75, 3.05) is 0 Å². The monoisotopic (exact) mass is 262 g/mol. The van der Waals surface area contributed by atoms with Gasteiger partial charge in [0.2, 0.25) is 5.91 Å². The van der Waals surface area contributed by atoms with E-state index in [4.69, 9.17) is 5.73 Å². The summed E-state index contributed by atoms with van der Waals surface area (Å²) in [6.45, 7) is 6.22. The van der Waals surface area contributed by atoms with E-state index in [-0.39, 0.29) is 18.0 Å². The molecule has 0 spiro atoms. The summed E-state index contributed by atoms with van der Waals surface area (Å²) in [5.41, 5.74) is 8.43. The van der Waals surface area contributed by atoms with E-state index in [1.54, 1.807) is 0 Å². The van der Waals surface area contributed by atoms with Crippen LogP contribution in [0.3, 0.4) is 0 Å². The van der Waals surface area contributed by atoms with Crippen molar-refractivity contribution < 1.29 is 4.79 Å². The first-order valence-electron chi connectivity index (χ1n) is 7.12. The Kier molecular flexibility index (Phi) is 6.57. The molecule has 2 atom stereocenters. The minimum absolute atomic E-state index is 0.0179. The first-order chi connectivity index (χ1) is 9.02. The molecule has 0 bridgehead atoms. The molecule has 0 aromatic heterocycles. The van der Waals surface area contributed by atoms with Gasteiger partial charge in [-0.3, -0.25) is 4.79 Å². The van der Waals surface area contributed by atoms with Gasteiger partial charge in [0.15, 0.2) is 0 Å². The standard InChI is InChI=1S/C16H26N2O/c1-4-7-15(17)11-16(19)18-13(3)10-14-9-6-5-8-12(14)2/h5-6,8-9,13,15H,4,7,10-11,17H2,1-3H3,(H,18,19). The van der Waals surface area contributed by atoms with E-state index in [1.807, 2.05) is 19.1 Å². The first kappa shape index (κ1) is 15.7. The Morgan fingerprint density at radius 1 is 1.37 bits per heavy atom. The zero-order valence-corrected chi connectivity index (χ0v) is 12.3. The summed E-state index contributed by atoms with van der Waals surface area (Å²) in [6.07, 6.45) is 3.21. The minimum atomic E-state index is -0.0179. The van der Waals surface area contributed by atoms with Gasteiger partial charge in [-0.1, -0.05) is 37.6 Å². The van der Waals surface area contributed by atoms with Crippen LogP contribution in [0.1, 0.15) is 44.2 Å². The van der Waals surface area contributed by atoms with E-state index in [0.29, 0.717) is 6.42 Å². The fraction of sp³-hybridized carbons (Fsp3) is 0.562. The molecule has 1 amide bonds. The predicted molar refractivity (Wildman–Crippen MR) is 80.0 cm³/mol. The fourth-order valence-corrected chi connectivity index (χ4v) is 2.26. The summed E-state index contributed by atoms with van der Waals surface area (Å²) in [7, 11) is 0. The van der Waals surface area contributed by atoms with Crippen molar-refractivity contribution in [3.63, 3.8) is 0 Å². The van der Waals surface area contributed by atoms with E-state index in [2.05, 4.69) is 31.3 Å². The summed E-state index contributed by atoms with van der Waals surface area (Å²) >= 11 is 0. The van der Waals surface area contributed by atoms with Gasteiger partial charge in [-0.15, -0.1) is 0 Å². The first-order valence-corrected chi connectivity index (χ1v) is 7.12. The molecule has 0 aliphatic carbocycles. The molecule has 0 aliphatic heterocycles. The van der Waals surface area contributed by atoms with Crippen molar-refractivity contribution in [1.82, 2.24) is 5.32 Å². The third-order valence-corrected chi connectivity index (χ3v) is 3.30. The maximum Gasteiger partial charge on any atom is 0.221 e. The molecule has 0 saturated heterocycles. The van der Waals surface area contributed by atoms with Gasteiger partial charge in [0.25, 0.3) is 0 Å². The van der Waals surface area contributed by atoms with Crippen molar-refractivity contribution >= 4 is 5.91 Å². The van der Waals surface area contributed by atoms with E-state index >= 15 is 0 Å². The third kappa shape index (κ3) is 5.88. The van der Waals surface area contributed by atoms with Crippen LogP contribution in [0, 0.1) is 6.92 Å². The van der Waals surface area contributed by atoms with E-state index < -0.39 is 0 Å². The highest BCUT2D eigenvalue weighted by atomic mass is 16.1. The third-order valence-electron chi connectivity index (χ3n) is 3.30. The van der Waals surface area contributed by atoms with Gasteiger partial charge < -0.3 is 11.1 Å². The zero-order valence-electron chi connectivity index (χ0n) is 12.3. The van der Waals surface area contributed by atoms with Crippen LogP contribution < -0.4 is 11.1 Å². The van der Waals surface area contributed by atoms with Gasteiger partial charge in [0.05, 0.1) is 0 Å². The van der Waals surface area contributed by atoms with Gasteiger partial charge in [-0.2, -0.15) is 0 Å². The highest BCUT2D eigenvalue weighted by Gasteiger charge is 2.12. The van der Waals surface area contributed by atoms with Crippen LogP contribution in [0.5, 0.6) is 0 Å². The average molecular weight is 262 g/mol. The largest absolute Gasteiger partial charge is 0.353 e. The smallest absolute Gasteiger partial charge is 0.221 e. The highest BCUT2D eigenvalue weighted by Crippen LogP contribution is 2.09. The zero-order chi connectivity index (χ0) is 14.3. The SMILES string of the molecule is CCCC(N)CC(=O)NC(C)Cc1ccccc1C. The van der Waals surface area contributed by atoms with Crippen LogP contribution in [0.4, 0.5) is 0 Å². The lowest BCUT2D eigenvalue weighted by molar-refractivity contribution is -0.122. The van der Waals surface area contributed by atoms with Crippen LogP contribution >= 0.6 is 0 Å². The second kappa shape index (κ2) is 7.95. The molecule has 3 nitrogen and oxygen atoms in total. The van der Waals surface area contributed by atoms with Crippen LogP contribution in [0.15, 0.2) is 24.3 Å². The second-order valence-corrected chi connectivity index (χ2v) is 5.35. The van der Waals surface area contributed by atoms with Gasteiger partial charge in [0.1, 0.15) is 0 Å². The molecular formula is C16H26N2O. The number of carbonyl (C=O) groups is 1. The Balaban J connectivity index is 2.41. The van der Waals surface area contributed by atoms with Crippen molar-refractivity contribution in [3.05, 3.63) is 35.4 Å². The number of benzene rings is 1. The number of hydrogen-bond acceptors (Lipinski definition) is 2. The van der Waals surface area contributed by atoms with Gasteiger partial charge in [-0.05, 0) is 37.8 Å². The molecule has 1 aromatic carbocycles. The Morgan fingerprint density at radius 3 is 2.68 bits per heavy atom. The minimum Gasteiger partial charge on any atom is -0.353 e. The number of aryl methyl sites for hydroxylation is 1. The normalized spacial score (nSPS) is 13.9.